The highest BCUT2D eigenvalue weighted by Crippen LogP contribution is 2.20. The van der Waals surface area contributed by atoms with Gasteiger partial charge in [-0.25, -0.2) is 5.10 Å². The number of hydrogen-bond acceptors (Lipinski definition) is 4. The molecular formula is C10H7N3O3. The largest absolute Gasteiger partial charge is 0.270 e. The molecule has 1 heterocycles. The minimum absolute atomic E-state index is 0.00880. The van der Waals surface area contributed by atoms with E-state index in [2.05, 4.69) is 10.2 Å². The molecule has 16 heavy (non-hydrogen) atoms. The molecule has 80 valence electrons. The van der Waals surface area contributed by atoms with E-state index >= 15 is 0 Å². The first kappa shape index (κ1) is 10.0. The van der Waals surface area contributed by atoms with Crippen LogP contribution in [-0.4, -0.2) is 15.1 Å². The number of hydrogen-bond donors (Lipinski definition) is 1. The predicted molar refractivity (Wildman–Crippen MR) is 56.9 cm³/mol. The smallest absolute Gasteiger partial charge is 0.268 e. The number of aromatic amines is 1. The van der Waals surface area contributed by atoms with Gasteiger partial charge in [0.1, 0.15) is 0 Å². The Labute approximate surface area is 89.7 Å². The van der Waals surface area contributed by atoms with E-state index in [4.69, 9.17) is 0 Å². The number of nitro benzene ring substituents is 1. The highest BCUT2D eigenvalue weighted by Gasteiger charge is 2.07. The summed E-state index contributed by atoms with van der Waals surface area (Å²) in [5, 5.41) is 16.6. The number of non-ortho nitro benzene ring substituents is 1. The number of benzene rings is 1. The lowest BCUT2D eigenvalue weighted by atomic mass is 10.1. The summed E-state index contributed by atoms with van der Waals surface area (Å²) >= 11 is 0. The maximum absolute atomic E-state index is 10.8. The fourth-order valence-electron chi connectivity index (χ4n) is 1.28. The first-order valence-electron chi connectivity index (χ1n) is 4.47. The van der Waals surface area contributed by atoms with Crippen LogP contribution in [-0.2, 0) is 0 Å². The standard InChI is InChI=1S/C10H7N3O3/c14-10-5-4-9(11-12-10)7-2-1-3-8(6-7)13(15)16/h1-6H,(H,12,14). The molecule has 0 spiro atoms. The van der Waals surface area contributed by atoms with Crippen LogP contribution < -0.4 is 5.56 Å². The number of aromatic nitrogens is 2. The van der Waals surface area contributed by atoms with Gasteiger partial charge in [0.25, 0.3) is 11.2 Å². The molecule has 6 nitrogen and oxygen atoms in total. The summed E-state index contributed by atoms with van der Waals surface area (Å²) in [7, 11) is 0. The molecular weight excluding hydrogens is 210 g/mol. The maximum Gasteiger partial charge on any atom is 0.270 e. The zero-order valence-corrected chi connectivity index (χ0v) is 8.08. The second-order valence-corrected chi connectivity index (χ2v) is 3.11. The van der Waals surface area contributed by atoms with Crippen LogP contribution in [0.5, 0.6) is 0 Å². The molecule has 0 aliphatic carbocycles. The van der Waals surface area contributed by atoms with Gasteiger partial charge in [0, 0.05) is 23.8 Å². The Hall–Kier alpha value is -2.50. The van der Waals surface area contributed by atoms with E-state index < -0.39 is 4.92 Å². The summed E-state index contributed by atoms with van der Waals surface area (Å²) in [6.07, 6.45) is 0. The molecule has 0 atom stereocenters. The highest BCUT2D eigenvalue weighted by atomic mass is 16.6. The van der Waals surface area contributed by atoms with Gasteiger partial charge in [0.2, 0.25) is 0 Å². The van der Waals surface area contributed by atoms with Crippen molar-refractivity contribution in [3.05, 3.63) is 56.9 Å². The van der Waals surface area contributed by atoms with E-state index in [1.165, 1.54) is 24.3 Å². The maximum atomic E-state index is 10.8. The van der Waals surface area contributed by atoms with Gasteiger partial charge in [-0.1, -0.05) is 12.1 Å². The number of nitrogens with one attached hydrogen (secondary N) is 1. The van der Waals surface area contributed by atoms with Crippen LogP contribution in [0, 0.1) is 10.1 Å². The SMILES string of the molecule is O=c1ccc(-c2cccc([N+](=O)[O-])c2)n[nH]1. The molecule has 0 saturated carbocycles. The Bertz CT molecular complexity index is 571. The van der Waals surface area contributed by atoms with Crippen LogP contribution >= 0.6 is 0 Å². The minimum atomic E-state index is -0.477. The molecule has 0 bridgehead atoms. The number of H-pyrrole nitrogens is 1. The third kappa shape index (κ3) is 1.95. The van der Waals surface area contributed by atoms with E-state index in [1.54, 1.807) is 12.1 Å². The van der Waals surface area contributed by atoms with Gasteiger partial charge in [0.05, 0.1) is 10.6 Å². The first-order valence-corrected chi connectivity index (χ1v) is 4.47. The van der Waals surface area contributed by atoms with Crippen molar-refractivity contribution in [2.75, 3.05) is 0 Å². The molecule has 0 saturated heterocycles. The number of nitro groups is 1. The van der Waals surface area contributed by atoms with Crippen molar-refractivity contribution in [3.8, 4) is 11.3 Å². The third-order valence-electron chi connectivity index (χ3n) is 2.03. The Morgan fingerprint density at radius 2 is 2.06 bits per heavy atom. The van der Waals surface area contributed by atoms with E-state index in [-0.39, 0.29) is 11.2 Å². The lowest BCUT2D eigenvalue weighted by Gasteiger charge is -1.98. The average molecular weight is 217 g/mol. The molecule has 0 radical (unpaired) electrons. The van der Waals surface area contributed by atoms with Crippen molar-refractivity contribution in [3.63, 3.8) is 0 Å². The van der Waals surface area contributed by atoms with Crippen LogP contribution in [0.3, 0.4) is 0 Å². The van der Waals surface area contributed by atoms with Gasteiger partial charge >= 0.3 is 0 Å². The van der Waals surface area contributed by atoms with E-state index in [1.807, 2.05) is 0 Å². The molecule has 1 aromatic carbocycles. The van der Waals surface area contributed by atoms with Crippen LogP contribution in [0.2, 0.25) is 0 Å². The Balaban J connectivity index is 2.48. The zero-order chi connectivity index (χ0) is 11.5. The Kier molecular flexibility index (Phi) is 2.47. The molecule has 0 aliphatic heterocycles. The van der Waals surface area contributed by atoms with Crippen LogP contribution in [0.15, 0.2) is 41.2 Å². The monoisotopic (exact) mass is 217 g/mol. The Morgan fingerprint density at radius 1 is 1.25 bits per heavy atom. The number of nitrogens with zero attached hydrogens (tertiary/aromatic N) is 2. The molecule has 2 aromatic rings. The molecule has 1 N–H and O–H groups in total. The average Bonchev–Trinajstić information content (AvgIpc) is 2.30. The van der Waals surface area contributed by atoms with Crippen LogP contribution in [0.1, 0.15) is 0 Å². The van der Waals surface area contributed by atoms with Crippen molar-refractivity contribution >= 4 is 5.69 Å². The van der Waals surface area contributed by atoms with Gasteiger partial charge in [-0.3, -0.25) is 14.9 Å². The minimum Gasteiger partial charge on any atom is -0.268 e. The molecule has 0 fully saturated rings. The molecule has 0 unspecified atom stereocenters. The summed E-state index contributed by atoms with van der Waals surface area (Å²) in [6, 6.07) is 8.89. The van der Waals surface area contributed by atoms with E-state index in [0.29, 0.717) is 11.3 Å². The molecule has 0 amide bonds. The lowest BCUT2D eigenvalue weighted by Crippen LogP contribution is -2.05. The molecule has 2 rings (SSSR count). The quantitative estimate of drug-likeness (QED) is 0.607. The lowest BCUT2D eigenvalue weighted by molar-refractivity contribution is -0.384. The summed E-state index contributed by atoms with van der Waals surface area (Å²) in [5.41, 5.74) is 0.758. The van der Waals surface area contributed by atoms with Crippen molar-refractivity contribution in [2.24, 2.45) is 0 Å². The summed E-state index contributed by atoms with van der Waals surface area (Å²) < 4.78 is 0. The van der Waals surface area contributed by atoms with Gasteiger partial charge in [-0.2, -0.15) is 5.10 Å². The molecule has 0 aliphatic rings. The zero-order valence-electron chi connectivity index (χ0n) is 8.08. The fourth-order valence-corrected chi connectivity index (χ4v) is 1.28. The van der Waals surface area contributed by atoms with Gasteiger partial charge in [-0.05, 0) is 6.07 Å². The topological polar surface area (TPSA) is 88.9 Å². The van der Waals surface area contributed by atoms with Gasteiger partial charge < -0.3 is 0 Å². The normalized spacial score (nSPS) is 10.0. The third-order valence-corrected chi connectivity index (χ3v) is 2.03. The van der Waals surface area contributed by atoms with Crippen molar-refractivity contribution in [1.82, 2.24) is 10.2 Å². The van der Waals surface area contributed by atoms with Crippen molar-refractivity contribution in [2.45, 2.75) is 0 Å². The van der Waals surface area contributed by atoms with Crippen molar-refractivity contribution < 1.29 is 4.92 Å². The van der Waals surface area contributed by atoms with Gasteiger partial charge in [-0.15, -0.1) is 0 Å². The van der Waals surface area contributed by atoms with Gasteiger partial charge in [0.15, 0.2) is 0 Å². The highest BCUT2D eigenvalue weighted by molar-refractivity contribution is 5.61. The van der Waals surface area contributed by atoms with Crippen LogP contribution in [0.25, 0.3) is 11.3 Å². The number of rotatable bonds is 2. The van der Waals surface area contributed by atoms with Crippen molar-refractivity contribution in [1.29, 1.82) is 0 Å². The summed E-state index contributed by atoms with van der Waals surface area (Å²) in [6.45, 7) is 0. The van der Waals surface area contributed by atoms with Crippen LogP contribution in [0.4, 0.5) is 5.69 Å². The summed E-state index contributed by atoms with van der Waals surface area (Å²) in [5.74, 6) is 0. The second-order valence-electron chi connectivity index (χ2n) is 3.11. The fraction of sp³-hybridized carbons (Fsp3) is 0. The first-order chi connectivity index (χ1) is 7.66. The second kappa shape index (κ2) is 3.93. The molecule has 1 aromatic heterocycles. The summed E-state index contributed by atoms with van der Waals surface area (Å²) in [4.78, 5) is 20.9. The Morgan fingerprint density at radius 3 is 2.69 bits per heavy atom. The molecule has 6 heteroatoms. The van der Waals surface area contributed by atoms with E-state index in [9.17, 15) is 14.9 Å². The predicted octanol–water partition coefficient (Wildman–Crippen LogP) is 1.35. The van der Waals surface area contributed by atoms with E-state index in [0.717, 1.165) is 0 Å².